The van der Waals surface area contributed by atoms with Crippen LogP contribution in [-0.4, -0.2) is 36.7 Å². The topological polar surface area (TPSA) is 94.0 Å². The molecule has 3 aromatic rings. The number of aryl methyl sites for hydroxylation is 1. The summed E-state index contributed by atoms with van der Waals surface area (Å²) >= 11 is 0. The molecule has 1 fully saturated rings. The number of piperidine rings is 1. The second kappa shape index (κ2) is 7.46. The van der Waals surface area contributed by atoms with Crippen LogP contribution in [0.1, 0.15) is 30.1 Å². The minimum atomic E-state index is -3.49. The summed E-state index contributed by atoms with van der Waals surface area (Å²) in [6, 6.07) is 16.1. The van der Waals surface area contributed by atoms with Crippen LogP contribution < -0.4 is 5.69 Å². The number of H-pyrrole nitrogens is 1. The van der Waals surface area contributed by atoms with E-state index in [1.807, 2.05) is 37.3 Å². The van der Waals surface area contributed by atoms with Gasteiger partial charge in [-0.05, 0) is 44.0 Å². The van der Waals surface area contributed by atoms with Gasteiger partial charge in [-0.15, -0.1) is 9.40 Å². The third-order valence-corrected chi connectivity index (χ3v) is 7.05. The first-order valence-electron chi connectivity index (χ1n) is 9.26. The van der Waals surface area contributed by atoms with Crippen molar-refractivity contribution in [3.8, 4) is 5.69 Å². The lowest BCUT2D eigenvalue weighted by Crippen LogP contribution is -2.41. The smallest absolute Gasteiger partial charge is 0.348 e. The monoisotopic (exact) mass is 398 g/mol. The third-order valence-electron chi connectivity index (χ3n) is 5.14. The van der Waals surface area contributed by atoms with Crippen LogP contribution in [0.15, 0.2) is 64.3 Å². The maximum absolute atomic E-state index is 12.8. The average Bonchev–Trinajstić information content (AvgIpc) is 3.11. The molecule has 0 saturated carbocycles. The van der Waals surface area contributed by atoms with E-state index in [0.717, 1.165) is 5.56 Å². The Kier molecular flexibility index (Phi) is 5.01. The summed E-state index contributed by atoms with van der Waals surface area (Å²) in [4.78, 5) is 15.4. The van der Waals surface area contributed by atoms with E-state index in [1.165, 1.54) is 8.99 Å². The fraction of sp³-hybridized carbons (Fsp3) is 0.300. The van der Waals surface area contributed by atoms with E-state index in [0.29, 0.717) is 42.3 Å². The van der Waals surface area contributed by atoms with Gasteiger partial charge in [-0.3, -0.25) is 4.98 Å². The lowest BCUT2D eigenvalue weighted by molar-refractivity contribution is 0.287. The Morgan fingerprint density at radius 2 is 1.71 bits per heavy atom. The molecule has 1 unspecified atom stereocenters. The van der Waals surface area contributed by atoms with Gasteiger partial charge in [0.05, 0.1) is 5.69 Å². The fourth-order valence-corrected chi connectivity index (χ4v) is 4.97. The lowest BCUT2D eigenvalue weighted by atomic mass is 9.98. The van der Waals surface area contributed by atoms with Crippen molar-refractivity contribution in [2.75, 3.05) is 13.1 Å². The van der Waals surface area contributed by atoms with E-state index in [9.17, 15) is 13.6 Å². The number of nitrogens with one attached hydrogen (secondary N) is 1. The van der Waals surface area contributed by atoms with Crippen molar-refractivity contribution in [1.29, 1.82) is 0 Å². The van der Waals surface area contributed by atoms with Gasteiger partial charge in [-0.2, -0.15) is 4.68 Å². The first-order chi connectivity index (χ1) is 13.4. The van der Waals surface area contributed by atoms with Crippen molar-refractivity contribution < 1.29 is 8.76 Å². The van der Waals surface area contributed by atoms with Gasteiger partial charge in [0.25, 0.3) is 0 Å². The molecule has 0 amide bonds. The molecule has 1 saturated heterocycles. The second-order valence-electron chi connectivity index (χ2n) is 7.05. The summed E-state index contributed by atoms with van der Waals surface area (Å²) < 4.78 is 28.5. The number of aromatic amines is 1. The normalized spacial score (nSPS) is 18.1. The van der Waals surface area contributed by atoms with E-state index < -0.39 is 10.4 Å². The zero-order chi connectivity index (χ0) is 19.7. The summed E-state index contributed by atoms with van der Waals surface area (Å²) in [5.41, 5.74) is 1.45. The highest BCUT2D eigenvalue weighted by molar-refractivity contribution is 7.95. The first-order valence-corrected chi connectivity index (χ1v) is 10.7. The summed E-state index contributed by atoms with van der Waals surface area (Å²) in [5.74, 6) is 0.642. The quantitative estimate of drug-likeness (QED) is 0.684. The van der Waals surface area contributed by atoms with Gasteiger partial charge in [0.15, 0.2) is 15.3 Å². The van der Waals surface area contributed by atoms with E-state index in [4.69, 9.17) is 0 Å². The number of nitrogens with zero attached hydrogens (tertiary/aromatic N) is 3. The van der Waals surface area contributed by atoms with Crippen LogP contribution in [0.4, 0.5) is 0 Å². The van der Waals surface area contributed by atoms with E-state index in [-0.39, 0.29) is 11.6 Å². The van der Waals surface area contributed by atoms with Crippen LogP contribution in [0, 0.1) is 6.92 Å². The number of benzene rings is 2. The number of para-hydroxylation sites is 1. The Balaban J connectivity index is 1.48. The highest BCUT2D eigenvalue weighted by Gasteiger charge is 2.35. The molecule has 1 N–H and O–H groups in total. The maximum atomic E-state index is 12.8. The Labute approximate surface area is 164 Å². The SMILES string of the molecule is Cc1ccc([S+](=O)([O-])N2CCC(c3nn(-c4ccccc4)c(=O)[nH]3)CC2)cc1. The summed E-state index contributed by atoms with van der Waals surface area (Å²) in [6.45, 7) is 2.74. The Morgan fingerprint density at radius 1 is 1.07 bits per heavy atom. The van der Waals surface area contributed by atoms with Crippen LogP contribution in [0.25, 0.3) is 5.69 Å². The number of rotatable bonds is 4. The van der Waals surface area contributed by atoms with Gasteiger partial charge < -0.3 is 4.55 Å². The first kappa shape index (κ1) is 18.8. The zero-order valence-corrected chi connectivity index (χ0v) is 16.4. The van der Waals surface area contributed by atoms with Crippen LogP contribution >= 0.6 is 0 Å². The minimum absolute atomic E-state index is 0.0298. The van der Waals surface area contributed by atoms with E-state index in [2.05, 4.69) is 10.1 Å². The molecule has 2 heterocycles. The van der Waals surface area contributed by atoms with Crippen molar-refractivity contribution in [1.82, 2.24) is 19.1 Å². The van der Waals surface area contributed by atoms with Crippen molar-refractivity contribution in [2.24, 2.45) is 0 Å². The third kappa shape index (κ3) is 3.58. The summed E-state index contributed by atoms with van der Waals surface area (Å²) in [7, 11) is -3.49. The van der Waals surface area contributed by atoms with Crippen molar-refractivity contribution >= 4 is 10.4 Å². The maximum Gasteiger partial charge on any atom is 0.348 e. The highest BCUT2D eigenvalue weighted by Crippen LogP contribution is 2.31. The molecule has 28 heavy (non-hydrogen) atoms. The van der Waals surface area contributed by atoms with Gasteiger partial charge in [0.1, 0.15) is 5.82 Å². The Bertz CT molecular complexity index is 1050. The van der Waals surface area contributed by atoms with E-state index in [1.54, 1.807) is 24.3 Å². The number of hydrogen-bond donors (Lipinski definition) is 1. The average molecular weight is 398 g/mol. The molecular formula is C20H22N4O3S. The molecule has 0 aliphatic carbocycles. The molecule has 1 aliphatic rings. The van der Waals surface area contributed by atoms with Crippen molar-refractivity contribution in [3.05, 3.63) is 76.5 Å². The second-order valence-corrected chi connectivity index (χ2v) is 8.99. The largest absolute Gasteiger partial charge is 0.593 e. The Hall–Kier alpha value is -2.55. The molecule has 1 atom stereocenters. The van der Waals surface area contributed by atoms with Crippen LogP contribution in [-0.2, 0) is 14.6 Å². The Morgan fingerprint density at radius 3 is 2.36 bits per heavy atom. The fourth-order valence-electron chi connectivity index (χ4n) is 3.50. The van der Waals surface area contributed by atoms with Crippen LogP contribution in [0.5, 0.6) is 0 Å². The molecule has 7 nitrogen and oxygen atoms in total. The molecule has 146 valence electrons. The van der Waals surface area contributed by atoms with Crippen molar-refractivity contribution in [2.45, 2.75) is 30.6 Å². The molecule has 1 aliphatic heterocycles. The highest BCUT2D eigenvalue weighted by atomic mass is 32.3. The van der Waals surface area contributed by atoms with Crippen molar-refractivity contribution in [3.63, 3.8) is 0 Å². The van der Waals surface area contributed by atoms with Gasteiger partial charge in [0, 0.05) is 19.0 Å². The van der Waals surface area contributed by atoms with Crippen LogP contribution in [0.2, 0.25) is 0 Å². The zero-order valence-electron chi connectivity index (χ0n) is 15.6. The number of hydrogen-bond acceptors (Lipinski definition) is 4. The van der Waals surface area contributed by atoms with Gasteiger partial charge in [-0.1, -0.05) is 40.1 Å². The summed E-state index contributed by atoms with van der Waals surface area (Å²) in [5, 5.41) is 4.44. The lowest BCUT2D eigenvalue weighted by Gasteiger charge is -2.32. The van der Waals surface area contributed by atoms with E-state index >= 15 is 0 Å². The summed E-state index contributed by atoms with van der Waals surface area (Å²) in [6.07, 6.45) is 1.24. The molecule has 2 aromatic carbocycles. The number of aromatic nitrogens is 3. The molecule has 4 rings (SSSR count). The van der Waals surface area contributed by atoms with Gasteiger partial charge in [-0.25, -0.2) is 4.79 Å². The molecular weight excluding hydrogens is 376 g/mol. The predicted octanol–water partition coefficient (Wildman–Crippen LogP) is 2.65. The molecule has 8 heteroatoms. The van der Waals surface area contributed by atoms with Gasteiger partial charge >= 0.3 is 5.69 Å². The minimum Gasteiger partial charge on any atom is -0.593 e. The number of sulfonamides is 1. The van der Waals surface area contributed by atoms with Crippen LogP contribution in [0.3, 0.4) is 0 Å². The van der Waals surface area contributed by atoms with Gasteiger partial charge in [0.2, 0.25) is 0 Å². The molecule has 0 radical (unpaired) electrons. The standard InChI is InChI=1S/C20H22N4O3S/c1-15-7-9-18(10-8-15)28(26,27)23-13-11-16(12-14-23)19-21-20(25)24(22-19)17-5-3-2-4-6-17/h2-10,16H,11-14H2,1H3,(H-,21,22,25,26,27). The molecule has 0 spiro atoms. The molecule has 0 bridgehead atoms. The predicted molar refractivity (Wildman–Crippen MR) is 106 cm³/mol. The molecule has 1 aromatic heterocycles.